The molecule has 0 aliphatic carbocycles. The van der Waals surface area contributed by atoms with Gasteiger partial charge in [-0.05, 0) is 67.8 Å². The lowest BCUT2D eigenvalue weighted by molar-refractivity contribution is 0.103. The number of rotatable bonds is 2. The summed E-state index contributed by atoms with van der Waals surface area (Å²) in [5.41, 5.74) is 2.52. The molecule has 0 saturated carbocycles. The fraction of sp³-hybridized carbons (Fsp3) is 0.188. The van der Waals surface area contributed by atoms with Crippen LogP contribution in [0.2, 0.25) is 0 Å². The minimum absolute atomic E-state index is 0.280. The van der Waals surface area contributed by atoms with Gasteiger partial charge in [-0.25, -0.2) is 8.78 Å². The average Bonchev–Trinajstić information content (AvgIpc) is 2.25. The molecular weight excluding hydrogens is 246 g/mol. The molecule has 1 nitrogen and oxygen atoms in total. The molecule has 0 heterocycles. The van der Waals surface area contributed by atoms with Gasteiger partial charge in [0.1, 0.15) is 11.6 Å². The van der Waals surface area contributed by atoms with E-state index in [0.29, 0.717) is 22.3 Å². The second kappa shape index (κ2) is 4.92. The van der Waals surface area contributed by atoms with E-state index >= 15 is 0 Å². The number of ketones is 1. The maximum Gasteiger partial charge on any atom is 0.193 e. The van der Waals surface area contributed by atoms with Crippen LogP contribution in [-0.2, 0) is 0 Å². The summed E-state index contributed by atoms with van der Waals surface area (Å²) >= 11 is 0. The van der Waals surface area contributed by atoms with Crippen molar-refractivity contribution in [2.24, 2.45) is 0 Å². The van der Waals surface area contributed by atoms with Crippen LogP contribution in [0.4, 0.5) is 8.78 Å². The van der Waals surface area contributed by atoms with Gasteiger partial charge in [-0.3, -0.25) is 4.79 Å². The van der Waals surface area contributed by atoms with E-state index in [1.807, 2.05) is 0 Å². The van der Waals surface area contributed by atoms with Crippen LogP contribution in [0.1, 0.15) is 32.6 Å². The van der Waals surface area contributed by atoms with Crippen molar-refractivity contribution in [3.8, 4) is 0 Å². The highest BCUT2D eigenvalue weighted by atomic mass is 19.1. The lowest BCUT2D eigenvalue weighted by atomic mass is 9.94. The van der Waals surface area contributed by atoms with Crippen LogP contribution in [0.15, 0.2) is 30.3 Å². The highest BCUT2D eigenvalue weighted by Gasteiger charge is 2.16. The molecule has 19 heavy (non-hydrogen) atoms. The third-order valence-corrected chi connectivity index (χ3v) is 3.03. The van der Waals surface area contributed by atoms with E-state index in [-0.39, 0.29) is 17.2 Å². The third kappa shape index (κ3) is 2.70. The minimum atomic E-state index is -0.444. The van der Waals surface area contributed by atoms with Crippen molar-refractivity contribution < 1.29 is 13.6 Å². The summed E-state index contributed by atoms with van der Waals surface area (Å²) in [4.78, 5) is 12.4. The summed E-state index contributed by atoms with van der Waals surface area (Å²) in [6.45, 7) is 5.08. The number of carbonyl (C=O) groups is 1. The zero-order valence-corrected chi connectivity index (χ0v) is 11.1. The molecule has 0 bridgehead atoms. The number of benzene rings is 2. The fourth-order valence-electron chi connectivity index (χ4n) is 2.28. The van der Waals surface area contributed by atoms with Gasteiger partial charge < -0.3 is 0 Å². The topological polar surface area (TPSA) is 17.1 Å². The molecule has 0 atom stereocenters. The Morgan fingerprint density at radius 2 is 1.37 bits per heavy atom. The lowest BCUT2D eigenvalue weighted by Crippen LogP contribution is -2.07. The van der Waals surface area contributed by atoms with E-state index in [9.17, 15) is 13.6 Å². The largest absolute Gasteiger partial charge is 0.289 e. The van der Waals surface area contributed by atoms with Crippen molar-refractivity contribution in [3.63, 3.8) is 0 Å². The Morgan fingerprint density at radius 1 is 0.842 bits per heavy atom. The van der Waals surface area contributed by atoms with Gasteiger partial charge in [0.2, 0.25) is 0 Å². The quantitative estimate of drug-likeness (QED) is 0.742. The van der Waals surface area contributed by atoms with Crippen molar-refractivity contribution in [1.82, 2.24) is 0 Å². The van der Waals surface area contributed by atoms with Crippen molar-refractivity contribution >= 4 is 5.78 Å². The molecule has 0 aromatic heterocycles. The third-order valence-electron chi connectivity index (χ3n) is 3.03. The summed E-state index contributed by atoms with van der Waals surface area (Å²) < 4.78 is 26.6. The lowest BCUT2D eigenvalue weighted by Gasteiger charge is -2.10. The standard InChI is InChI=1S/C16H14F2O/c1-9-4-12(8-13(17)5-9)16(19)15-10(2)6-14(18)7-11(15)3/h4-8H,1-3H3. The summed E-state index contributed by atoms with van der Waals surface area (Å²) in [5, 5.41) is 0. The molecule has 0 aliphatic heterocycles. The van der Waals surface area contributed by atoms with Crippen LogP contribution in [0.25, 0.3) is 0 Å². The summed E-state index contributed by atoms with van der Waals surface area (Å²) in [7, 11) is 0. The van der Waals surface area contributed by atoms with E-state index in [1.165, 1.54) is 24.3 Å². The first kappa shape index (κ1) is 13.4. The molecular formula is C16H14F2O. The molecule has 0 fully saturated rings. The zero-order valence-electron chi connectivity index (χ0n) is 11.1. The first-order chi connectivity index (χ1) is 8.88. The van der Waals surface area contributed by atoms with E-state index < -0.39 is 5.82 Å². The summed E-state index contributed by atoms with van der Waals surface area (Å²) in [6.07, 6.45) is 0. The average molecular weight is 260 g/mol. The van der Waals surface area contributed by atoms with E-state index in [1.54, 1.807) is 26.8 Å². The number of hydrogen-bond acceptors (Lipinski definition) is 1. The molecule has 2 rings (SSSR count). The molecule has 0 unspecified atom stereocenters. The number of aryl methyl sites for hydroxylation is 3. The molecule has 0 aliphatic rings. The van der Waals surface area contributed by atoms with Gasteiger partial charge >= 0.3 is 0 Å². The number of hydrogen-bond donors (Lipinski definition) is 0. The van der Waals surface area contributed by atoms with Gasteiger partial charge in [-0.1, -0.05) is 0 Å². The van der Waals surface area contributed by atoms with Crippen LogP contribution in [-0.4, -0.2) is 5.78 Å². The highest BCUT2D eigenvalue weighted by molar-refractivity contribution is 6.10. The highest BCUT2D eigenvalue weighted by Crippen LogP contribution is 2.21. The molecule has 0 amide bonds. The second-order valence-electron chi connectivity index (χ2n) is 4.76. The van der Waals surface area contributed by atoms with Crippen LogP contribution in [0, 0.1) is 32.4 Å². The first-order valence-electron chi connectivity index (χ1n) is 5.97. The maximum absolute atomic E-state index is 13.4. The zero-order chi connectivity index (χ0) is 14.2. The monoisotopic (exact) mass is 260 g/mol. The van der Waals surface area contributed by atoms with Crippen molar-refractivity contribution in [1.29, 1.82) is 0 Å². The Labute approximate surface area is 110 Å². The fourth-order valence-corrected chi connectivity index (χ4v) is 2.28. The predicted octanol–water partition coefficient (Wildman–Crippen LogP) is 4.12. The Bertz CT molecular complexity index is 617. The molecule has 3 heteroatoms. The van der Waals surface area contributed by atoms with Gasteiger partial charge in [0.25, 0.3) is 0 Å². The molecule has 0 saturated heterocycles. The van der Waals surface area contributed by atoms with Gasteiger partial charge in [0, 0.05) is 11.1 Å². The number of carbonyl (C=O) groups excluding carboxylic acids is 1. The van der Waals surface area contributed by atoms with Crippen molar-refractivity contribution in [2.75, 3.05) is 0 Å². The Balaban J connectivity index is 2.56. The van der Waals surface area contributed by atoms with E-state index in [0.717, 1.165) is 0 Å². The first-order valence-corrected chi connectivity index (χ1v) is 5.97. The molecule has 2 aromatic rings. The van der Waals surface area contributed by atoms with Gasteiger partial charge in [-0.15, -0.1) is 0 Å². The summed E-state index contributed by atoms with van der Waals surface area (Å²) in [6, 6.07) is 6.82. The van der Waals surface area contributed by atoms with Crippen LogP contribution in [0.3, 0.4) is 0 Å². The normalized spacial score (nSPS) is 10.6. The Hall–Kier alpha value is -2.03. The molecule has 0 spiro atoms. The molecule has 98 valence electrons. The Kier molecular flexibility index (Phi) is 3.47. The van der Waals surface area contributed by atoms with Crippen LogP contribution < -0.4 is 0 Å². The van der Waals surface area contributed by atoms with Gasteiger partial charge in [0.15, 0.2) is 5.78 Å². The smallest absolute Gasteiger partial charge is 0.193 e. The predicted molar refractivity (Wildman–Crippen MR) is 70.4 cm³/mol. The van der Waals surface area contributed by atoms with Gasteiger partial charge in [0.05, 0.1) is 0 Å². The van der Waals surface area contributed by atoms with Crippen molar-refractivity contribution in [2.45, 2.75) is 20.8 Å². The molecule has 2 aromatic carbocycles. The number of halogens is 2. The van der Waals surface area contributed by atoms with E-state index in [4.69, 9.17) is 0 Å². The molecule has 0 N–H and O–H groups in total. The van der Waals surface area contributed by atoms with Gasteiger partial charge in [-0.2, -0.15) is 0 Å². The summed E-state index contributed by atoms with van der Waals surface area (Å²) in [5.74, 6) is -1.10. The second-order valence-corrected chi connectivity index (χ2v) is 4.76. The minimum Gasteiger partial charge on any atom is -0.289 e. The van der Waals surface area contributed by atoms with Crippen LogP contribution >= 0.6 is 0 Å². The van der Waals surface area contributed by atoms with E-state index in [2.05, 4.69) is 0 Å². The maximum atomic E-state index is 13.4. The Morgan fingerprint density at radius 3 is 1.89 bits per heavy atom. The molecule has 0 radical (unpaired) electrons. The van der Waals surface area contributed by atoms with Crippen LogP contribution in [0.5, 0.6) is 0 Å². The van der Waals surface area contributed by atoms with Crippen molar-refractivity contribution in [3.05, 3.63) is 69.8 Å². The SMILES string of the molecule is Cc1cc(F)cc(C(=O)c2c(C)cc(F)cc2C)c1.